The van der Waals surface area contributed by atoms with Crippen LogP contribution in [0.5, 0.6) is 0 Å². The topological polar surface area (TPSA) is 30.9 Å². The number of nitrogens with two attached hydrogens (primary N) is 1. The summed E-state index contributed by atoms with van der Waals surface area (Å²) in [5, 5.41) is 2.92. The summed E-state index contributed by atoms with van der Waals surface area (Å²) in [7, 11) is 0. The van der Waals surface area contributed by atoms with Gasteiger partial charge in [0.05, 0.1) is 0 Å². The Kier molecular flexibility index (Phi) is 1.29. The molecule has 0 aliphatic rings. The largest absolute Gasteiger partial charge is 0.340 e. The van der Waals surface area contributed by atoms with E-state index in [1.165, 1.54) is 4.68 Å². The van der Waals surface area contributed by atoms with E-state index in [0.29, 0.717) is 0 Å². The summed E-state index contributed by atoms with van der Waals surface area (Å²) in [5.74, 6) is 5.51. The maximum absolute atomic E-state index is 5.78. The summed E-state index contributed by atoms with van der Waals surface area (Å²) in [6.07, 6.45) is 3.69. The van der Waals surface area contributed by atoms with E-state index in [2.05, 4.69) is 0 Å². The molecule has 0 radical (unpaired) electrons. The van der Waals surface area contributed by atoms with Crippen LogP contribution in [0, 0.1) is 0 Å². The number of halogens is 1. The molecule has 1 aromatic heterocycles. The molecule has 0 amide bonds. The molecular weight excluding hydrogens is 160 g/mol. The van der Waals surface area contributed by atoms with E-state index in [-0.39, 0.29) is 0 Å². The molecule has 0 fully saturated rings. The molecule has 2 nitrogen and oxygen atoms in total. The van der Waals surface area contributed by atoms with Crippen LogP contribution < -0.4 is 5.84 Å². The number of nitrogen functional groups attached to an aromatic ring is 1. The highest BCUT2D eigenvalue weighted by Gasteiger charge is 1.95. The van der Waals surface area contributed by atoms with E-state index in [0.717, 1.165) is 15.8 Å². The first-order valence-corrected chi connectivity index (χ1v) is 3.66. The Bertz CT molecular complexity index is 392. The number of fused-ring (bicyclic) bond motifs is 1. The van der Waals surface area contributed by atoms with Crippen molar-refractivity contribution >= 4 is 22.4 Å². The van der Waals surface area contributed by atoms with Gasteiger partial charge in [0.1, 0.15) is 0 Å². The first-order valence-electron chi connectivity index (χ1n) is 3.28. The number of rotatable bonds is 0. The smallest absolute Gasteiger partial charge is 0.0412 e. The van der Waals surface area contributed by atoms with Crippen LogP contribution in [0.25, 0.3) is 10.8 Å². The van der Waals surface area contributed by atoms with Gasteiger partial charge in [0, 0.05) is 28.2 Å². The molecule has 2 N–H and O–H groups in total. The Morgan fingerprint density at radius 2 is 1.91 bits per heavy atom. The van der Waals surface area contributed by atoms with Gasteiger partial charge >= 0.3 is 0 Å². The molecule has 2 rings (SSSR count). The quantitative estimate of drug-likeness (QED) is 0.597. The van der Waals surface area contributed by atoms with Gasteiger partial charge in [0.2, 0.25) is 0 Å². The maximum atomic E-state index is 5.78. The van der Waals surface area contributed by atoms with E-state index in [1.54, 1.807) is 0 Å². The minimum Gasteiger partial charge on any atom is -0.340 e. The average Bonchev–Trinajstić information content (AvgIpc) is 2.27. The molecule has 0 spiro atoms. The minimum absolute atomic E-state index is 0.740. The molecule has 0 bridgehead atoms. The van der Waals surface area contributed by atoms with Crippen molar-refractivity contribution in [1.29, 1.82) is 0 Å². The normalized spacial score (nSPS) is 10.6. The van der Waals surface area contributed by atoms with Gasteiger partial charge in [-0.2, -0.15) is 0 Å². The number of nitrogens with zero attached hydrogens (tertiary/aromatic N) is 1. The highest BCUT2D eigenvalue weighted by Crippen LogP contribution is 2.18. The summed E-state index contributed by atoms with van der Waals surface area (Å²) in [5.41, 5.74) is 0. The first kappa shape index (κ1) is 6.55. The first-order chi connectivity index (χ1) is 5.25. The number of benzene rings is 1. The Morgan fingerprint density at radius 1 is 1.18 bits per heavy atom. The Hall–Kier alpha value is -1.15. The molecular formula is C8H7ClN2. The molecule has 0 aliphatic carbocycles. The van der Waals surface area contributed by atoms with Crippen LogP contribution in [-0.2, 0) is 0 Å². The SMILES string of the molecule is Nn1cc2ccc(Cl)cc2c1. The molecule has 56 valence electrons. The number of aromatic nitrogens is 1. The Labute approximate surface area is 69.1 Å². The van der Waals surface area contributed by atoms with Crippen molar-refractivity contribution in [1.82, 2.24) is 4.68 Å². The van der Waals surface area contributed by atoms with Crippen LogP contribution >= 0.6 is 11.6 Å². The van der Waals surface area contributed by atoms with E-state index in [4.69, 9.17) is 17.4 Å². The van der Waals surface area contributed by atoms with Crippen molar-refractivity contribution in [2.75, 3.05) is 5.84 Å². The molecule has 1 aromatic carbocycles. The average molecular weight is 167 g/mol. The molecule has 1 heterocycles. The highest BCUT2D eigenvalue weighted by atomic mass is 35.5. The molecule has 3 heteroatoms. The molecule has 0 saturated heterocycles. The van der Waals surface area contributed by atoms with E-state index >= 15 is 0 Å². The summed E-state index contributed by atoms with van der Waals surface area (Å²) in [4.78, 5) is 0. The lowest BCUT2D eigenvalue weighted by Gasteiger charge is -1.87. The van der Waals surface area contributed by atoms with Crippen molar-refractivity contribution in [3.63, 3.8) is 0 Å². The molecule has 0 saturated carbocycles. The van der Waals surface area contributed by atoms with Crippen molar-refractivity contribution in [3.8, 4) is 0 Å². The van der Waals surface area contributed by atoms with Crippen molar-refractivity contribution in [2.24, 2.45) is 0 Å². The van der Waals surface area contributed by atoms with Crippen LogP contribution in [0.4, 0.5) is 0 Å². The van der Waals surface area contributed by atoms with Crippen LogP contribution in [0.1, 0.15) is 0 Å². The van der Waals surface area contributed by atoms with Gasteiger partial charge in [-0.05, 0) is 12.1 Å². The second-order valence-electron chi connectivity index (χ2n) is 2.48. The van der Waals surface area contributed by atoms with Crippen molar-refractivity contribution in [2.45, 2.75) is 0 Å². The monoisotopic (exact) mass is 166 g/mol. The van der Waals surface area contributed by atoms with Gasteiger partial charge in [-0.3, -0.25) is 4.68 Å². The summed E-state index contributed by atoms with van der Waals surface area (Å²) >= 11 is 5.78. The standard InChI is InChI=1S/C8H7ClN2/c9-8-2-1-6-4-11(10)5-7(6)3-8/h1-5H,10H2. The van der Waals surface area contributed by atoms with Crippen LogP contribution in [0.2, 0.25) is 5.02 Å². The maximum Gasteiger partial charge on any atom is 0.0412 e. The fourth-order valence-corrected chi connectivity index (χ4v) is 1.31. The number of hydrogen-bond acceptors (Lipinski definition) is 1. The van der Waals surface area contributed by atoms with Gasteiger partial charge in [-0.15, -0.1) is 0 Å². The predicted molar refractivity (Wildman–Crippen MR) is 47.1 cm³/mol. The Morgan fingerprint density at radius 3 is 2.73 bits per heavy atom. The van der Waals surface area contributed by atoms with Crippen molar-refractivity contribution < 1.29 is 0 Å². The van der Waals surface area contributed by atoms with Crippen LogP contribution in [0.3, 0.4) is 0 Å². The predicted octanol–water partition coefficient (Wildman–Crippen LogP) is 2.01. The summed E-state index contributed by atoms with van der Waals surface area (Å²) < 4.78 is 1.53. The fourth-order valence-electron chi connectivity index (χ4n) is 1.13. The zero-order valence-electron chi connectivity index (χ0n) is 5.79. The van der Waals surface area contributed by atoms with Crippen LogP contribution in [0.15, 0.2) is 30.6 Å². The van der Waals surface area contributed by atoms with Gasteiger partial charge in [-0.1, -0.05) is 17.7 Å². The summed E-state index contributed by atoms with van der Waals surface area (Å²) in [6.45, 7) is 0. The Balaban J connectivity index is 2.82. The number of hydrogen-bond donors (Lipinski definition) is 1. The van der Waals surface area contributed by atoms with Gasteiger partial charge in [-0.25, -0.2) is 0 Å². The lowest BCUT2D eigenvalue weighted by molar-refractivity contribution is 1.03. The van der Waals surface area contributed by atoms with E-state index in [9.17, 15) is 0 Å². The third-order valence-electron chi connectivity index (χ3n) is 1.63. The van der Waals surface area contributed by atoms with Crippen LogP contribution in [-0.4, -0.2) is 4.68 Å². The lowest BCUT2D eigenvalue weighted by atomic mass is 10.2. The highest BCUT2D eigenvalue weighted by molar-refractivity contribution is 6.31. The molecule has 0 unspecified atom stereocenters. The lowest BCUT2D eigenvalue weighted by Crippen LogP contribution is -2.02. The van der Waals surface area contributed by atoms with Crippen molar-refractivity contribution in [3.05, 3.63) is 35.6 Å². The molecule has 0 atom stereocenters. The molecule has 11 heavy (non-hydrogen) atoms. The zero-order valence-corrected chi connectivity index (χ0v) is 6.55. The van der Waals surface area contributed by atoms with Gasteiger partial charge < -0.3 is 5.84 Å². The summed E-state index contributed by atoms with van der Waals surface area (Å²) in [6, 6.07) is 5.69. The van der Waals surface area contributed by atoms with Gasteiger partial charge in [0.15, 0.2) is 0 Å². The van der Waals surface area contributed by atoms with E-state index < -0.39 is 0 Å². The fraction of sp³-hybridized carbons (Fsp3) is 0. The second kappa shape index (κ2) is 2.17. The molecule has 0 aliphatic heterocycles. The van der Waals surface area contributed by atoms with Gasteiger partial charge in [0.25, 0.3) is 0 Å². The molecule has 2 aromatic rings. The second-order valence-corrected chi connectivity index (χ2v) is 2.92. The third-order valence-corrected chi connectivity index (χ3v) is 1.86. The van der Waals surface area contributed by atoms with E-state index in [1.807, 2.05) is 30.6 Å². The minimum atomic E-state index is 0.740. The third kappa shape index (κ3) is 1.05. The zero-order chi connectivity index (χ0) is 7.84.